The van der Waals surface area contributed by atoms with E-state index in [1.54, 1.807) is 6.08 Å². The van der Waals surface area contributed by atoms with Crippen LogP contribution in [0, 0.1) is 0 Å². The Morgan fingerprint density at radius 3 is 2.88 bits per heavy atom. The van der Waals surface area contributed by atoms with Crippen molar-refractivity contribution in [1.82, 2.24) is 10.2 Å². The molecular weight excluding hydrogens is 240 g/mol. The Bertz CT molecular complexity index is 414. The minimum Gasteiger partial charge on any atom is -0.330 e. The summed E-state index contributed by atoms with van der Waals surface area (Å²) in [6, 6.07) is 0. The molecule has 1 unspecified atom stereocenters. The summed E-state index contributed by atoms with van der Waals surface area (Å²) in [7, 11) is 0. The van der Waals surface area contributed by atoms with Crippen LogP contribution in [0.25, 0.3) is 0 Å². The van der Waals surface area contributed by atoms with Gasteiger partial charge in [-0.15, -0.1) is 12.4 Å². The summed E-state index contributed by atoms with van der Waals surface area (Å²) in [6.07, 6.45) is 4.08. The Morgan fingerprint density at radius 1 is 1.53 bits per heavy atom. The van der Waals surface area contributed by atoms with Crippen LogP contribution in [0.15, 0.2) is 28.4 Å². The lowest BCUT2D eigenvalue weighted by Gasteiger charge is -2.33. The molecule has 0 fully saturated rings. The third-order valence-electron chi connectivity index (χ3n) is 2.65. The fraction of sp³-hybridized carbons (Fsp3) is 0.455. The van der Waals surface area contributed by atoms with E-state index in [0.717, 1.165) is 18.7 Å². The molecule has 1 amide bonds. The number of carbonyl (C=O) groups excluding carboxylic acids is 1. The highest BCUT2D eigenvalue weighted by Gasteiger charge is 2.29. The Balaban J connectivity index is 0.00000144. The smallest absolute Gasteiger partial charge is 0.257 e. The minimum atomic E-state index is -0.634. The van der Waals surface area contributed by atoms with E-state index < -0.39 is 6.29 Å². The normalized spacial score (nSPS) is 22.8. The molecule has 2 aliphatic rings. The third-order valence-corrected chi connectivity index (χ3v) is 2.65. The number of hydrogen-bond acceptors (Lipinski definition) is 4. The lowest BCUT2D eigenvalue weighted by Crippen LogP contribution is -2.51. The Morgan fingerprint density at radius 2 is 2.24 bits per heavy atom. The van der Waals surface area contributed by atoms with Crippen molar-refractivity contribution in [3.8, 4) is 0 Å². The van der Waals surface area contributed by atoms with Gasteiger partial charge >= 0.3 is 0 Å². The van der Waals surface area contributed by atoms with E-state index in [0.29, 0.717) is 11.4 Å². The molecule has 0 bridgehead atoms. The lowest BCUT2D eigenvalue weighted by atomic mass is 10.1. The summed E-state index contributed by atoms with van der Waals surface area (Å²) in [4.78, 5) is 18.0. The molecule has 3 N–H and O–H groups in total. The lowest BCUT2D eigenvalue weighted by molar-refractivity contribution is -0.117. The maximum Gasteiger partial charge on any atom is 0.257 e. The summed E-state index contributed by atoms with van der Waals surface area (Å²) >= 11 is 0. The maximum atomic E-state index is 11.7. The molecule has 5 nitrogen and oxygen atoms in total. The molecule has 0 spiro atoms. The van der Waals surface area contributed by atoms with Gasteiger partial charge in [-0.1, -0.05) is 6.92 Å². The van der Waals surface area contributed by atoms with Crippen molar-refractivity contribution in [2.45, 2.75) is 26.6 Å². The molecule has 0 aromatic rings. The van der Waals surface area contributed by atoms with E-state index in [9.17, 15) is 4.79 Å². The van der Waals surface area contributed by atoms with Gasteiger partial charge in [0.15, 0.2) is 6.29 Å². The van der Waals surface area contributed by atoms with Crippen molar-refractivity contribution >= 4 is 24.1 Å². The standard InChI is InChI=1S/C11H16N4O.ClH/c1-3-6-15-7(2)4-5-8-9(15)13-11(12)14-10(8)16;/h4-5,11H,3,6,12H2,1-2H3,(H,14,16);1H. The number of fused-ring (bicyclic) bond motifs is 1. The van der Waals surface area contributed by atoms with E-state index in [2.05, 4.69) is 17.2 Å². The number of allylic oxidation sites excluding steroid dienone is 3. The van der Waals surface area contributed by atoms with Gasteiger partial charge in [-0.25, -0.2) is 4.99 Å². The Kier molecular flexibility index (Phi) is 4.31. The summed E-state index contributed by atoms with van der Waals surface area (Å²) in [5.74, 6) is 0.542. The number of nitrogens with zero attached hydrogens (tertiary/aromatic N) is 2. The number of amidine groups is 1. The van der Waals surface area contributed by atoms with E-state index in [-0.39, 0.29) is 18.3 Å². The van der Waals surface area contributed by atoms with Crippen molar-refractivity contribution in [2.75, 3.05) is 6.54 Å². The Labute approximate surface area is 107 Å². The second-order valence-corrected chi connectivity index (χ2v) is 3.91. The fourth-order valence-electron chi connectivity index (χ4n) is 1.88. The van der Waals surface area contributed by atoms with Crippen LogP contribution in [0.3, 0.4) is 0 Å². The number of aliphatic imine (C=N–C) groups is 1. The van der Waals surface area contributed by atoms with E-state index in [1.807, 2.05) is 17.9 Å². The summed E-state index contributed by atoms with van der Waals surface area (Å²) < 4.78 is 0. The first-order valence-corrected chi connectivity index (χ1v) is 5.44. The quantitative estimate of drug-likeness (QED) is 0.765. The largest absolute Gasteiger partial charge is 0.330 e. The predicted molar refractivity (Wildman–Crippen MR) is 69.6 cm³/mol. The second-order valence-electron chi connectivity index (χ2n) is 3.91. The fourth-order valence-corrected chi connectivity index (χ4v) is 1.88. The highest BCUT2D eigenvalue weighted by atomic mass is 35.5. The van der Waals surface area contributed by atoms with Gasteiger partial charge < -0.3 is 10.2 Å². The molecule has 2 rings (SSSR count). The highest BCUT2D eigenvalue weighted by molar-refractivity contribution is 6.23. The van der Waals surface area contributed by atoms with Gasteiger partial charge in [0, 0.05) is 12.2 Å². The van der Waals surface area contributed by atoms with Gasteiger partial charge in [0.25, 0.3) is 5.91 Å². The second kappa shape index (κ2) is 5.33. The third kappa shape index (κ3) is 2.50. The van der Waals surface area contributed by atoms with Crippen LogP contribution >= 0.6 is 12.4 Å². The zero-order chi connectivity index (χ0) is 11.7. The van der Waals surface area contributed by atoms with E-state index >= 15 is 0 Å². The number of hydrogen-bond donors (Lipinski definition) is 2. The van der Waals surface area contributed by atoms with Crippen molar-refractivity contribution < 1.29 is 4.79 Å². The van der Waals surface area contributed by atoms with Crippen LogP contribution in [0.4, 0.5) is 0 Å². The van der Waals surface area contributed by atoms with Gasteiger partial charge in [-0.2, -0.15) is 0 Å². The molecule has 0 saturated heterocycles. The van der Waals surface area contributed by atoms with Crippen molar-refractivity contribution in [3.05, 3.63) is 23.4 Å². The number of nitrogens with one attached hydrogen (secondary N) is 1. The molecule has 1 atom stereocenters. The van der Waals surface area contributed by atoms with E-state index in [1.165, 1.54) is 0 Å². The topological polar surface area (TPSA) is 70.7 Å². The molecule has 0 saturated carbocycles. The first-order chi connectivity index (χ1) is 7.63. The maximum absolute atomic E-state index is 11.7. The summed E-state index contributed by atoms with van der Waals surface area (Å²) in [5.41, 5.74) is 7.33. The first kappa shape index (κ1) is 13.7. The van der Waals surface area contributed by atoms with Gasteiger partial charge in [0.1, 0.15) is 5.84 Å². The molecule has 0 radical (unpaired) electrons. The van der Waals surface area contributed by atoms with Crippen LogP contribution in [0.5, 0.6) is 0 Å². The van der Waals surface area contributed by atoms with Crippen LogP contribution in [0.1, 0.15) is 20.3 Å². The average molecular weight is 257 g/mol. The van der Waals surface area contributed by atoms with Crippen LogP contribution in [0.2, 0.25) is 0 Å². The summed E-state index contributed by atoms with van der Waals surface area (Å²) in [5, 5.41) is 2.58. The minimum absolute atomic E-state index is 0. The molecule has 0 aromatic heterocycles. The van der Waals surface area contributed by atoms with Crippen LogP contribution < -0.4 is 11.1 Å². The Hall–Kier alpha value is -1.33. The number of carbonyl (C=O) groups is 1. The number of amides is 1. The molecular formula is C11H17ClN4O. The van der Waals surface area contributed by atoms with Gasteiger partial charge in [-0.3, -0.25) is 10.5 Å². The molecule has 0 aromatic carbocycles. The molecule has 2 heterocycles. The number of halogens is 1. The van der Waals surface area contributed by atoms with Crippen LogP contribution in [-0.4, -0.2) is 29.5 Å². The van der Waals surface area contributed by atoms with Crippen molar-refractivity contribution in [3.63, 3.8) is 0 Å². The van der Waals surface area contributed by atoms with Gasteiger partial charge in [-0.05, 0) is 25.5 Å². The highest BCUT2D eigenvalue weighted by Crippen LogP contribution is 2.20. The average Bonchev–Trinajstić information content (AvgIpc) is 2.22. The van der Waals surface area contributed by atoms with Gasteiger partial charge in [0.05, 0.1) is 5.57 Å². The molecule has 0 aliphatic carbocycles. The number of nitrogens with two attached hydrogens (primary N) is 1. The zero-order valence-corrected chi connectivity index (χ0v) is 10.8. The summed E-state index contributed by atoms with van der Waals surface area (Å²) in [6.45, 7) is 4.94. The SMILES string of the molecule is CCCN1C(C)=CC=C2C(=O)NC(N)N=C21.Cl. The first-order valence-electron chi connectivity index (χ1n) is 5.44. The monoisotopic (exact) mass is 256 g/mol. The molecule has 94 valence electrons. The van der Waals surface area contributed by atoms with Crippen molar-refractivity contribution in [1.29, 1.82) is 0 Å². The molecule has 6 heteroatoms. The number of rotatable bonds is 2. The van der Waals surface area contributed by atoms with Crippen LogP contribution in [-0.2, 0) is 4.79 Å². The van der Waals surface area contributed by atoms with Gasteiger partial charge in [0.2, 0.25) is 0 Å². The van der Waals surface area contributed by atoms with E-state index in [4.69, 9.17) is 5.73 Å². The van der Waals surface area contributed by atoms with Crippen molar-refractivity contribution in [2.24, 2.45) is 10.7 Å². The zero-order valence-electron chi connectivity index (χ0n) is 9.93. The predicted octanol–water partition coefficient (Wildman–Crippen LogP) is 0.735. The molecule has 17 heavy (non-hydrogen) atoms. The molecule has 2 aliphatic heterocycles.